The molecular formula is C33H50FN3O4. The molecule has 41 heavy (non-hydrogen) atoms. The van der Waals surface area contributed by atoms with Crippen LogP contribution in [-0.4, -0.2) is 84.2 Å². The molecule has 1 spiro atoms. The second-order valence-electron chi connectivity index (χ2n) is 13.3. The fourth-order valence-electron chi connectivity index (χ4n) is 7.95. The molecule has 228 valence electrons. The van der Waals surface area contributed by atoms with E-state index in [1.54, 1.807) is 17.0 Å². The number of halogens is 1. The van der Waals surface area contributed by atoms with Gasteiger partial charge in [-0.15, -0.1) is 0 Å². The fraction of sp³-hybridized carbons (Fsp3) is 0.758. The van der Waals surface area contributed by atoms with Gasteiger partial charge in [0.05, 0.1) is 7.11 Å². The number of unbranched alkanes of at least 4 members (excludes halogenated alkanes) is 1. The average Bonchev–Trinajstić information content (AvgIpc) is 2.98. The summed E-state index contributed by atoms with van der Waals surface area (Å²) in [5.41, 5.74) is -0.379. The van der Waals surface area contributed by atoms with Gasteiger partial charge in [0.15, 0.2) is 0 Å². The van der Waals surface area contributed by atoms with Gasteiger partial charge in [-0.05, 0) is 57.1 Å². The largest absolute Gasteiger partial charge is 0.496 e. The summed E-state index contributed by atoms with van der Waals surface area (Å²) in [5.74, 6) is 0.443. The molecule has 0 aromatic heterocycles. The highest BCUT2D eigenvalue weighted by molar-refractivity contribution is 5.97. The van der Waals surface area contributed by atoms with Crippen molar-refractivity contribution in [2.45, 2.75) is 102 Å². The van der Waals surface area contributed by atoms with Crippen molar-refractivity contribution in [1.29, 1.82) is 0 Å². The summed E-state index contributed by atoms with van der Waals surface area (Å²) in [6, 6.07) is 4.51. The van der Waals surface area contributed by atoms with Crippen LogP contribution in [0.4, 0.5) is 9.18 Å². The molecule has 1 atom stereocenters. The van der Waals surface area contributed by atoms with Gasteiger partial charge in [0.2, 0.25) is 0 Å². The molecule has 1 saturated carbocycles. The van der Waals surface area contributed by atoms with Crippen LogP contribution < -0.4 is 4.74 Å². The number of carbonyl (C=O) groups excluding carboxylic acids is 2. The molecule has 1 aliphatic carbocycles. The molecule has 1 aromatic carbocycles. The number of hydrogen-bond donors (Lipinski definition) is 0. The van der Waals surface area contributed by atoms with Crippen LogP contribution in [0.25, 0.3) is 0 Å². The Labute approximate surface area is 245 Å². The predicted molar refractivity (Wildman–Crippen MR) is 158 cm³/mol. The molecular weight excluding hydrogens is 521 g/mol. The maximum atomic E-state index is 14.6. The summed E-state index contributed by atoms with van der Waals surface area (Å²) in [5, 5.41) is 0. The van der Waals surface area contributed by atoms with Crippen LogP contribution in [0.1, 0.15) is 101 Å². The van der Waals surface area contributed by atoms with E-state index in [1.165, 1.54) is 51.7 Å². The highest BCUT2D eigenvalue weighted by atomic mass is 19.1. The number of hydrogen-bond acceptors (Lipinski definition) is 5. The topological polar surface area (TPSA) is 62.3 Å². The number of ether oxygens (including phenoxy) is 2. The summed E-state index contributed by atoms with van der Waals surface area (Å²) < 4.78 is 26.3. The Morgan fingerprint density at radius 1 is 1.07 bits per heavy atom. The summed E-state index contributed by atoms with van der Waals surface area (Å²) in [7, 11) is 1.46. The first-order valence-electron chi connectivity index (χ1n) is 16.1. The van der Waals surface area contributed by atoms with Gasteiger partial charge in [-0.1, -0.05) is 45.1 Å². The van der Waals surface area contributed by atoms with Crippen LogP contribution in [0.15, 0.2) is 18.2 Å². The van der Waals surface area contributed by atoms with Crippen LogP contribution in [0.3, 0.4) is 0 Å². The van der Waals surface area contributed by atoms with Crippen molar-refractivity contribution in [3.63, 3.8) is 0 Å². The van der Waals surface area contributed by atoms with E-state index < -0.39 is 5.82 Å². The molecule has 0 bridgehead atoms. The Kier molecular flexibility index (Phi) is 9.47. The van der Waals surface area contributed by atoms with Gasteiger partial charge in [0.25, 0.3) is 5.91 Å². The lowest BCUT2D eigenvalue weighted by atomic mass is 9.74. The van der Waals surface area contributed by atoms with Crippen molar-refractivity contribution in [3.05, 3.63) is 29.6 Å². The van der Waals surface area contributed by atoms with E-state index in [1.807, 2.05) is 4.90 Å². The van der Waals surface area contributed by atoms with Gasteiger partial charge in [0.1, 0.15) is 22.7 Å². The summed E-state index contributed by atoms with van der Waals surface area (Å²) in [4.78, 5) is 32.9. The zero-order chi connectivity index (χ0) is 29.0. The van der Waals surface area contributed by atoms with Crippen LogP contribution in [0.5, 0.6) is 5.75 Å². The number of nitrogens with zero attached hydrogens (tertiary/aromatic N) is 3. The van der Waals surface area contributed by atoms with Gasteiger partial charge in [-0.3, -0.25) is 9.69 Å². The summed E-state index contributed by atoms with van der Waals surface area (Å²) in [6.45, 7) is 9.18. The molecule has 0 radical (unpaired) electrons. The van der Waals surface area contributed by atoms with Gasteiger partial charge in [-0.25, -0.2) is 9.18 Å². The van der Waals surface area contributed by atoms with Crippen LogP contribution in [-0.2, 0) is 4.74 Å². The quantitative estimate of drug-likeness (QED) is 0.356. The van der Waals surface area contributed by atoms with E-state index in [0.717, 1.165) is 64.7 Å². The van der Waals surface area contributed by atoms with E-state index >= 15 is 0 Å². The molecule has 1 aromatic rings. The van der Waals surface area contributed by atoms with E-state index in [2.05, 4.69) is 18.7 Å². The number of rotatable bonds is 8. The minimum Gasteiger partial charge on any atom is -0.496 e. The van der Waals surface area contributed by atoms with Gasteiger partial charge < -0.3 is 19.3 Å². The van der Waals surface area contributed by atoms with Crippen molar-refractivity contribution in [2.75, 3.05) is 46.4 Å². The zero-order valence-corrected chi connectivity index (χ0v) is 25.5. The van der Waals surface area contributed by atoms with Gasteiger partial charge in [0, 0.05) is 63.6 Å². The molecule has 1 unspecified atom stereocenters. The normalized spacial score (nSPS) is 25.3. The van der Waals surface area contributed by atoms with Gasteiger partial charge in [-0.2, -0.15) is 0 Å². The first kappa shape index (κ1) is 30.1. The van der Waals surface area contributed by atoms with E-state index in [4.69, 9.17) is 9.47 Å². The number of methoxy groups -OCH3 is 1. The van der Waals surface area contributed by atoms with E-state index in [0.29, 0.717) is 24.9 Å². The van der Waals surface area contributed by atoms with E-state index in [9.17, 15) is 14.0 Å². The van der Waals surface area contributed by atoms with Crippen molar-refractivity contribution < 1.29 is 23.5 Å². The standard InChI is InChI=1S/C33H50FN3O4/c1-4-5-12-26-24-36(23-25-10-7-6-8-11-25)31(39)41-33(26)17-21-37(22-18-33)32(2)15-19-35(20-16-32)30(38)29-27(34)13-9-14-28(29)40-3/h9,13-14,25-26H,4-8,10-12,15-24H2,1-3H3. The van der Waals surface area contributed by atoms with Crippen LogP contribution in [0, 0.1) is 17.7 Å². The minimum absolute atomic E-state index is 0.0216. The number of amides is 2. The summed E-state index contributed by atoms with van der Waals surface area (Å²) >= 11 is 0. The molecule has 4 fully saturated rings. The number of likely N-dealkylation sites (tertiary alicyclic amines) is 2. The third-order valence-electron chi connectivity index (χ3n) is 10.8. The lowest BCUT2D eigenvalue weighted by Crippen LogP contribution is -2.63. The lowest BCUT2D eigenvalue weighted by molar-refractivity contribution is -0.134. The monoisotopic (exact) mass is 571 g/mol. The molecule has 3 heterocycles. The fourth-order valence-corrected chi connectivity index (χ4v) is 7.95. The molecule has 2 amide bonds. The Bertz CT molecular complexity index is 1060. The third kappa shape index (κ3) is 6.37. The molecule has 4 aliphatic rings. The zero-order valence-electron chi connectivity index (χ0n) is 25.5. The Morgan fingerprint density at radius 2 is 1.78 bits per heavy atom. The maximum absolute atomic E-state index is 14.6. The first-order chi connectivity index (χ1) is 19.8. The van der Waals surface area contributed by atoms with Crippen molar-refractivity contribution >= 4 is 12.0 Å². The molecule has 0 N–H and O–H groups in total. The molecule has 8 heteroatoms. The Hall–Kier alpha value is -2.35. The van der Waals surface area contributed by atoms with Crippen molar-refractivity contribution in [3.8, 4) is 5.75 Å². The molecule has 3 saturated heterocycles. The smallest absolute Gasteiger partial charge is 0.410 e. The van der Waals surface area contributed by atoms with E-state index in [-0.39, 0.29) is 34.5 Å². The van der Waals surface area contributed by atoms with Crippen molar-refractivity contribution in [1.82, 2.24) is 14.7 Å². The average molecular weight is 572 g/mol. The lowest BCUT2D eigenvalue weighted by Gasteiger charge is -2.55. The predicted octanol–water partition coefficient (Wildman–Crippen LogP) is 6.50. The van der Waals surface area contributed by atoms with Crippen LogP contribution in [0.2, 0.25) is 0 Å². The van der Waals surface area contributed by atoms with Gasteiger partial charge >= 0.3 is 6.09 Å². The number of benzene rings is 1. The molecule has 5 rings (SSSR count). The minimum atomic E-state index is -0.541. The third-order valence-corrected chi connectivity index (χ3v) is 10.8. The number of carbonyl (C=O) groups is 2. The Balaban J connectivity index is 1.20. The highest BCUT2D eigenvalue weighted by Crippen LogP contribution is 2.44. The first-order valence-corrected chi connectivity index (χ1v) is 16.1. The van der Waals surface area contributed by atoms with Crippen molar-refractivity contribution in [2.24, 2.45) is 11.8 Å². The van der Waals surface area contributed by atoms with Crippen LogP contribution >= 0.6 is 0 Å². The summed E-state index contributed by atoms with van der Waals surface area (Å²) in [6.07, 6.45) is 13.1. The Morgan fingerprint density at radius 3 is 2.44 bits per heavy atom. The second kappa shape index (κ2) is 12.9. The SMILES string of the molecule is CCCCC1CN(CC2CCCCC2)C(=O)OC12CCN(C1(C)CCN(C(=O)c3c(F)cccc3OC)CC1)CC2. The molecule has 3 aliphatic heterocycles. The maximum Gasteiger partial charge on any atom is 0.410 e. The molecule has 7 nitrogen and oxygen atoms in total. The highest BCUT2D eigenvalue weighted by Gasteiger charge is 2.51. The second-order valence-corrected chi connectivity index (χ2v) is 13.3. The number of piperidine rings is 2.